The van der Waals surface area contributed by atoms with Gasteiger partial charge in [-0.05, 0) is 12.5 Å². The summed E-state index contributed by atoms with van der Waals surface area (Å²) in [6, 6.07) is 7.42. The Kier molecular flexibility index (Phi) is 6.68. The van der Waals surface area contributed by atoms with E-state index < -0.39 is 0 Å². The number of methoxy groups -OCH3 is 2. The van der Waals surface area contributed by atoms with Crippen LogP contribution < -0.4 is 24.0 Å². The smallest absolute Gasteiger partial charge is 0.226 e. The summed E-state index contributed by atoms with van der Waals surface area (Å²) in [6.07, 6.45) is 2.63. The number of benzene rings is 1. The van der Waals surface area contributed by atoms with Crippen molar-refractivity contribution in [3.63, 3.8) is 0 Å². The zero-order chi connectivity index (χ0) is 18.2. The Hall–Kier alpha value is -2.70. The molecule has 0 aliphatic heterocycles. The van der Waals surface area contributed by atoms with Crippen LogP contribution in [0.3, 0.4) is 0 Å². The Morgan fingerprint density at radius 2 is 1.60 bits per heavy atom. The second-order valence-electron chi connectivity index (χ2n) is 5.78. The molecule has 0 aliphatic rings. The summed E-state index contributed by atoms with van der Waals surface area (Å²) in [5, 5.41) is 0. The van der Waals surface area contributed by atoms with Crippen molar-refractivity contribution >= 4 is 11.8 Å². The van der Waals surface area contributed by atoms with Crippen LogP contribution in [0.1, 0.15) is 6.42 Å². The van der Waals surface area contributed by atoms with Crippen LogP contribution in [0.25, 0.3) is 0 Å². The zero-order valence-corrected chi connectivity index (χ0v) is 15.5. The van der Waals surface area contributed by atoms with Crippen molar-refractivity contribution < 1.29 is 14.2 Å². The minimum atomic E-state index is 0.590. The van der Waals surface area contributed by atoms with E-state index in [0.717, 1.165) is 24.5 Å². The molecule has 1 aromatic carbocycles. The molecule has 7 nitrogen and oxygen atoms in total. The lowest BCUT2D eigenvalue weighted by molar-refractivity contribution is 0.306. The van der Waals surface area contributed by atoms with E-state index in [1.54, 1.807) is 20.4 Å². The Balaban J connectivity index is 1.85. The molecule has 0 N–H and O–H groups in total. The summed E-state index contributed by atoms with van der Waals surface area (Å²) in [6.45, 7) is 1.41. The minimum Gasteiger partial charge on any atom is -0.496 e. The van der Waals surface area contributed by atoms with Crippen LogP contribution in [0.2, 0.25) is 0 Å². The first-order valence-electron chi connectivity index (χ1n) is 8.11. The standard InChI is InChI=1S/C18H26N4O3/c1-21(2)18-19-8-7-17(20-18)22(3)9-6-10-25-16-12-14(23-4)11-15(13-16)24-5/h7-8,11-13H,6,9-10H2,1-5H3. The number of rotatable bonds is 9. The highest BCUT2D eigenvalue weighted by atomic mass is 16.5. The zero-order valence-electron chi connectivity index (χ0n) is 15.5. The van der Waals surface area contributed by atoms with Crippen molar-refractivity contribution in [2.24, 2.45) is 0 Å². The molecule has 136 valence electrons. The molecule has 2 rings (SSSR count). The molecule has 1 heterocycles. The van der Waals surface area contributed by atoms with Gasteiger partial charge in [-0.25, -0.2) is 4.98 Å². The first-order valence-corrected chi connectivity index (χ1v) is 8.11. The van der Waals surface area contributed by atoms with Crippen molar-refractivity contribution in [1.29, 1.82) is 0 Å². The van der Waals surface area contributed by atoms with E-state index in [0.29, 0.717) is 24.1 Å². The summed E-state index contributed by atoms with van der Waals surface area (Å²) in [7, 11) is 9.11. The molecular formula is C18H26N4O3. The molecule has 0 radical (unpaired) electrons. The fraction of sp³-hybridized carbons (Fsp3) is 0.444. The van der Waals surface area contributed by atoms with Crippen molar-refractivity contribution in [3.05, 3.63) is 30.5 Å². The van der Waals surface area contributed by atoms with Gasteiger partial charge in [-0.3, -0.25) is 0 Å². The third-order valence-corrected chi connectivity index (χ3v) is 3.65. The van der Waals surface area contributed by atoms with E-state index in [4.69, 9.17) is 14.2 Å². The molecule has 0 amide bonds. The number of nitrogens with zero attached hydrogens (tertiary/aromatic N) is 4. The van der Waals surface area contributed by atoms with E-state index in [1.165, 1.54) is 0 Å². The number of hydrogen-bond donors (Lipinski definition) is 0. The molecule has 7 heteroatoms. The molecule has 0 atom stereocenters. The topological polar surface area (TPSA) is 60.0 Å². The van der Waals surface area contributed by atoms with Crippen molar-refractivity contribution in [3.8, 4) is 17.2 Å². The van der Waals surface area contributed by atoms with Crippen molar-refractivity contribution in [1.82, 2.24) is 9.97 Å². The molecule has 0 unspecified atom stereocenters. The Labute approximate surface area is 149 Å². The molecule has 25 heavy (non-hydrogen) atoms. The van der Waals surface area contributed by atoms with Gasteiger partial charge in [-0.2, -0.15) is 4.98 Å². The Morgan fingerprint density at radius 1 is 0.960 bits per heavy atom. The summed E-state index contributed by atoms with van der Waals surface area (Å²) in [4.78, 5) is 12.7. The molecule has 1 aromatic heterocycles. The van der Waals surface area contributed by atoms with E-state index in [9.17, 15) is 0 Å². The summed E-state index contributed by atoms with van der Waals surface area (Å²) in [5.41, 5.74) is 0. The van der Waals surface area contributed by atoms with E-state index in [2.05, 4.69) is 14.9 Å². The van der Waals surface area contributed by atoms with Gasteiger partial charge >= 0.3 is 0 Å². The molecule has 0 saturated carbocycles. The summed E-state index contributed by atoms with van der Waals surface area (Å²) in [5.74, 6) is 3.74. The molecular weight excluding hydrogens is 320 g/mol. The third kappa shape index (κ3) is 5.41. The second kappa shape index (κ2) is 8.96. The van der Waals surface area contributed by atoms with Gasteiger partial charge in [-0.1, -0.05) is 0 Å². The lowest BCUT2D eigenvalue weighted by atomic mass is 10.3. The monoisotopic (exact) mass is 346 g/mol. The Bertz CT molecular complexity index is 657. The first-order chi connectivity index (χ1) is 12.0. The average Bonchev–Trinajstić information content (AvgIpc) is 2.64. The van der Waals surface area contributed by atoms with Crippen LogP contribution >= 0.6 is 0 Å². The van der Waals surface area contributed by atoms with Crippen molar-refractivity contribution in [2.75, 3.05) is 58.3 Å². The lowest BCUT2D eigenvalue weighted by Crippen LogP contribution is -2.23. The molecule has 0 aliphatic carbocycles. The van der Waals surface area contributed by atoms with Gasteiger partial charge < -0.3 is 24.0 Å². The molecule has 0 saturated heterocycles. The minimum absolute atomic E-state index is 0.590. The van der Waals surface area contributed by atoms with Gasteiger partial charge in [0.25, 0.3) is 0 Å². The van der Waals surface area contributed by atoms with Gasteiger partial charge in [-0.15, -0.1) is 0 Å². The van der Waals surface area contributed by atoms with E-state index >= 15 is 0 Å². The van der Waals surface area contributed by atoms with Crippen LogP contribution in [-0.2, 0) is 0 Å². The van der Waals surface area contributed by atoms with Crippen LogP contribution in [0.5, 0.6) is 17.2 Å². The summed E-state index contributed by atoms with van der Waals surface area (Å²) >= 11 is 0. The van der Waals surface area contributed by atoms with E-state index in [1.807, 2.05) is 50.3 Å². The summed E-state index contributed by atoms with van der Waals surface area (Å²) < 4.78 is 16.3. The van der Waals surface area contributed by atoms with Crippen LogP contribution in [-0.4, -0.2) is 58.5 Å². The first kappa shape index (κ1) is 18.6. The number of ether oxygens (including phenoxy) is 3. The lowest BCUT2D eigenvalue weighted by Gasteiger charge is -2.20. The maximum Gasteiger partial charge on any atom is 0.226 e. The molecule has 2 aromatic rings. The molecule has 0 fully saturated rings. The van der Waals surface area contributed by atoms with Crippen molar-refractivity contribution in [2.45, 2.75) is 6.42 Å². The number of aromatic nitrogens is 2. The van der Waals surface area contributed by atoms with Crippen LogP contribution in [0, 0.1) is 0 Å². The maximum absolute atomic E-state index is 5.81. The normalized spacial score (nSPS) is 10.3. The van der Waals surface area contributed by atoms with Gasteiger partial charge in [0.05, 0.1) is 20.8 Å². The van der Waals surface area contributed by atoms with Gasteiger partial charge in [0.2, 0.25) is 5.95 Å². The number of hydrogen-bond acceptors (Lipinski definition) is 7. The fourth-order valence-corrected chi connectivity index (χ4v) is 2.24. The second-order valence-corrected chi connectivity index (χ2v) is 5.78. The largest absolute Gasteiger partial charge is 0.496 e. The number of anilines is 2. The Morgan fingerprint density at radius 3 is 2.20 bits per heavy atom. The predicted octanol–water partition coefficient (Wildman–Crippen LogP) is 2.47. The van der Waals surface area contributed by atoms with E-state index in [-0.39, 0.29) is 0 Å². The van der Waals surface area contributed by atoms with Gasteiger partial charge in [0.15, 0.2) is 0 Å². The highest BCUT2D eigenvalue weighted by Gasteiger charge is 2.07. The molecule has 0 bridgehead atoms. The average molecular weight is 346 g/mol. The highest BCUT2D eigenvalue weighted by Crippen LogP contribution is 2.27. The van der Waals surface area contributed by atoms with Gasteiger partial charge in [0.1, 0.15) is 23.1 Å². The van der Waals surface area contributed by atoms with Gasteiger partial charge in [0, 0.05) is 52.1 Å². The van der Waals surface area contributed by atoms with Crippen LogP contribution in [0.4, 0.5) is 11.8 Å². The SMILES string of the molecule is COc1cc(OC)cc(OCCCN(C)c2ccnc(N(C)C)n2)c1. The fourth-order valence-electron chi connectivity index (χ4n) is 2.24. The maximum atomic E-state index is 5.81. The third-order valence-electron chi connectivity index (χ3n) is 3.65. The quantitative estimate of drug-likeness (QED) is 0.646. The predicted molar refractivity (Wildman–Crippen MR) is 99.3 cm³/mol. The van der Waals surface area contributed by atoms with Crippen LogP contribution in [0.15, 0.2) is 30.5 Å². The highest BCUT2D eigenvalue weighted by molar-refractivity contribution is 5.43. The molecule has 0 spiro atoms.